The Kier molecular flexibility index (Phi) is 5.42. The number of carbonyl (C=O) groups is 1. The van der Waals surface area contributed by atoms with Crippen LogP contribution in [0.2, 0.25) is 0 Å². The molecule has 2 aromatic carbocycles. The first-order valence-corrected chi connectivity index (χ1v) is 9.92. The largest absolute Gasteiger partial charge is 0.493 e. The lowest BCUT2D eigenvalue weighted by Crippen LogP contribution is -2.27. The molecule has 28 heavy (non-hydrogen) atoms. The molecule has 1 heterocycles. The van der Waals surface area contributed by atoms with Crippen molar-refractivity contribution in [3.8, 4) is 17.0 Å². The number of fused-ring (bicyclic) bond motifs is 1. The van der Waals surface area contributed by atoms with Crippen LogP contribution in [0.4, 0.5) is 0 Å². The molecule has 5 nitrogen and oxygen atoms in total. The number of nitrogens with one attached hydrogen (secondary N) is 2. The maximum atomic E-state index is 12.7. The molecular weight excluding hydrogens is 350 g/mol. The number of nitrogens with zero attached hydrogens (tertiary/aromatic N) is 1. The zero-order chi connectivity index (χ0) is 19.3. The maximum Gasteiger partial charge on any atom is 0.269 e. The highest BCUT2D eigenvalue weighted by molar-refractivity contribution is 5.93. The van der Waals surface area contributed by atoms with E-state index in [9.17, 15) is 4.79 Å². The lowest BCUT2D eigenvalue weighted by molar-refractivity contribution is 0.0931. The van der Waals surface area contributed by atoms with Gasteiger partial charge in [-0.1, -0.05) is 49.7 Å². The van der Waals surface area contributed by atoms with Crippen molar-refractivity contribution < 1.29 is 9.53 Å². The number of rotatable bonds is 7. The highest BCUT2D eigenvalue weighted by Gasteiger charge is 2.24. The van der Waals surface area contributed by atoms with Gasteiger partial charge in [-0.25, -0.2) is 0 Å². The molecule has 0 bridgehead atoms. The molecular formula is C23H25N3O2. The third-order valence-corrected chi connectivity index (χ3v) is 5.18. The lowest BCUT2D eigenvalue weighted by atomic mass is 10.1. The standard InChI is InChI=1S/C23H25N3O2/c1-2-3-14-28-22-11-7-6-10-18(22)20-15-21(26-25-20)23(27)24-19-13-12-16-8-4-5-9-17(16)19/h4-11,15,19H,2-3,12-14H2,1H3,(H,24,27)(H,25,26)/t19-/m1/s1. The molecule has 0 spiro atoms. The molecule has 2 N–H and O–H groups in total. The Balaban J connectivity index is 1.48. The SMILES string of the molecule is CCCCOc1ccccc1-c1cc(C(=O)N[C@@H]2CCc3ccccc32)[nH]n1. The Labute approximate surface area is 165 Å². The fraction of sp³-hybridized carbons (Fsp3) is 0.304. The zero-order valence-electron chi connectivity index (χ0n) is 16.1. The Morgan fingerprint density at radius 1 is 1.21 bits per heavy atom. The van der Waals surface area contributed by atoms with Crippen molar-refractivity contribution in [2.45, 2.75) is 38.6 Å². The second-order valence-corrected chi connectivity index (χ2v) is 7.13. The molecule has 5 heteroatoms. The molecule has 0 aliphatic heterocycles. The lowest BCUT2D eigenvalue weighted by Gasteiger charge is -2.13. The minimum absolute atomic E-state index is 0.0557. The van der Waals surface area contributed by atoms with Crippen LogP contribution >= 0.6 is 0 Å². The number of carbonyl (C=O) groups excluding carboxylic acids is 1. The molecule has 1 atom stereocenters. The quantitative estimate of drug-likeness (QED) is 0.590. The smallest absolute Gasteiger partial charge is 0.269 e. The van der Waals surface area contributed by atoms with E-state index in [-0.39, 0.29) is 11.9 Å². The average molecular weight is 375 g/mol. The minimum Gasteiger partial charge on any atom is -0.493 e. The van der Waals surface area contributed by atoms with Gasteiger partial charge in [0.1, 0.15) is 11.4 Å². The summed E-state index contributed by atoms with van der Waals surface area (Å²) in [6, 6.07) is 17.9. The van der Waals surface area contributed by atoms with Crippen molar-refractivity contribution in [2.24, 2.45) is 0 Å². The zero-order valence-corrected chi connectivity index (χ0v) is 16.1. The number of aryl methyl sites for hydroxylation is 1. The first-order chi connectivity index (χ1) is 13.8. The summed E-state index contributed by atoms with van der Waals surface area (Å²) in [5.74, 6) is 0.656. The highest BCUT2D eigenvalue weighted by atomic mass is 16.5. The maximum absolute atomic E-state index is 12.7. The van der Waals surface area contributed by atoms with Crippen LogP contribution in [0.15, 0.2) is 54.6 Å². The topological polar surface area (TPSA) is 67.0 Å². The van der Waals surface area contributed by atoms with Crippen molar-refractivity contribution in [1.82, 2.24) is 15.5 Å². The minimum atomic E-state index is -0.134. The van der Waals surface area contributed by atoms with Crippen molar-refractivity contribution >= 4 is 5.91 Å². The van der Waals surface area contributed by atoms with Gasteiger partial charge in [0.05, 0.1) is 18.3 Å². The number of benzene rings is 2. The van der Waals surface area contributed by atoms with Crippen LogP contribution in [-0.2, 0) is 6.42 Å². The predicted octanol–water partition coefficient (Wildman–Crippen LogP) is 4.67. The number of para-hydroxylation sites is 1. The Morgan fingerprint density at radius 3 is 2.93 bits per heavy atom. The van der Waals surface area contributed by atoms with E-state index in [1.54, 1.807) is 6.07 Å². The first-order valence-electron chi connectivity index (χ1n) is 9.92. The van der Waals surface area contributed by atoms with Gasteiger partial charge in [-0.05, 0) is 48.6 Å². The summed E-state index contributed by atoms with van der Waals surface area (Å²) in [6.07, 6.45) is 4.02. The number of H-pyrrole nitrogens is 1. The molecule has 0 fully saturated rings. The number of aromatic amines is 1. The van der Waals surface area contributed by atoms with E-state index in [1.165, 1.54) is 11.1 Å². The van der Waals surface area contributed by atoms with Gasteiger partial charge in [0.15, 0.2) is 0 Å². The summed E-state index contributed by atoms with van der Waals surface area (Å²) in [4.78, 5) is 12.7. The molecule has 0 saturated carbocycles. The van der Waals surface area contributed by atoms with Gasteiger partial charge in [-0.15, -0.1) is 0 Å². The van der Waals surface area contributed by atoms with Crippen molar-refractivity contribution in [3.63, 3.8) is 0 Å². The fourth-order valence-electron chi connectivity index (χ4n) is 3.65. The summed E-state index contributed by atoms with van der Waals surface area (Å²) in [7, 11) is 0. The summed E-state index contributed by atoms with van der Waals surface area (Å²) in [6.45, 7) is 2.81. The van der Waals surface area contributed by atoms with Crippen LogP contribution in [0.3, 0.4) is 0 Å². The monoisotopic (exact) mass is 375 g/mol. The predicted molar refractivity (Wildman–Crippen MR) is 109 cm³/mol. The fourth-order valence-corrected chi connectivity index (χ4v) is 3.65. The number of unbranched alkanes of at least 4 members (excludes halogenated alkanes) is 1. The molecule has 1 amide bonds. The van der Waals surface area contributed by atoms with E-state index >= 15 is 0 Å². The number of aromatic nitrogens is 2. The van der Waals surface area contributed by atoms with Crippen LogP contribution < -0.4 is 10.1 Å². The van der Waals surface area contributed by atoms with Crippen LogP contribution in [-0.4, -0.2) is 22.7 Å². The molecule has 1 aromatic heterocycles. The molecule has 1 aliphatic rings. The van der Waals surface area contributed by atoms with Gasteiger partial charge in [0, 0.05) is 5.56 Å². The van der Waals surface area contributed by atoms with Crippen LogP contribution in [0.1, 0.15) is 53.8 Å². The molecule has 144 valence electrons. The van der Waals surface area contributed by atoms with Gasteiger partial charge in [0.2, 0.25) is 0 Å². The van der Waals surface area contributed by atoms with Gasteiger partial charge < -0.3 is 10.1 Å². The van der Waals surface area contributed by atoms with Gasteiger partial charge in [-0.3, -0.25) is 9.89 Å². The highest BCUT2D eigenvalue weighted by Crippen LogP contribution is 2.32. The van der Waals surface area contributed by atoms with E-state index in [0.29, 0.717) is 18.0 Å². The Hall–Kier alpha value is -3.08. The average Bonchev–Trinajstić information content (AvgIpc) is 3.37. The van der Waals surface area contributed by atoms with Gasteiger partial charge in [0.25, 0.3) is 5.91 Å². The van der Waals surface area contributed by atoms with E-state index in [0.717, 1.165) is 37.0 Å². The van der Waals surface area contributed by atoms with Crippen molar-refractivity contribution in [1.29, 1.82) is 0 Å². The van der Waals surface area contributed by atoms with Crippen LogP contribution in [0, 0.1) is 0 Å². The van der Waals surface area contributed by atoms with Crippen LogP contribution in [0.25, 0.3) is 11.3 Å². The third-order valence-electron chi connectivity index (χ3n) is 5.18. The first kappa shape index (κ1) is 18.3. The number of ether oxygens (including phenoxy) is 1. The Morgan fingerprint density at radius 2 is 2.04 bits per heavy atom. The summed E-state index contributed by atoms with van der Waals surface area (Å²) in [5, 5.41) is 10.4. The molecule has 0 unspecified atom stereocenters. The number of amides is 1. The summed E-state index contributed by atoms with van der Waals surface area (Å²) >= 11 is 0. The third kappa shape index (κ3) is 3.79. The van der Waals surface area contributed by atoms with E-state index in [1.807, 2.05) is 36.4 Å². The Bertz CT molecular complexity index is 964. The van der Waals surface area contributed by atoms with E-state index in [2.05, 4.69) is 34.6 Å². The molecule has 0 radical (unpaired) electrons. The van der Waals surface area contributed by atoms with E-state index in [4.69, 9.17) is 4.74 Å². The van der Waals surface area contributed by atoms with Crippen molar-refractivity contribution in [2.75, 3.05) is 6.61 Å². The van der Waals surface area contributed by atoms with E-state index < -0.39 is 0 Å². The molecule has 0 saturated heterocycles. The van der Waals surface area contributed by atoms with Gasteiger partial charge >= 0.3 is 0 Å². The van der Waals surface area contributed by atoms with Crippen molar-refractivity contribution in [3.05, 3.63) is 71.4 Å². The van der Waals surface area contributed by atoms with Crippen LogP contribution in [0.5, 0.6) is 5.75 Å². The summed E-state index contributed by atoms with van der Waals surface area (Å²) < 4.78 is 5.89. The number of hydrogen-bond acceptors (Lipinski definition) is 3. The molecule has 3 aromatic rings. The van der Waals surface area contributed by atoms with Gasteiger partial charge in [-0.2, -0.15) is 5.10 Å². The number of hydrogen-bond donors (Lipinski definition) is 2. The molecule has 1 aliphatic carbocycles. The summed E-state index contributed by atoms with van der Waals surface area (Å²) in [5.41, 5.74) is 4.59. The second kappa shape index (κ2) is 8.30. The second-order valence-electron chi connectivity index (χ2n) is 7.13. The normalized spacial score (nSPS) is 15.2. The molecule has 4 rings (SSSR count).